The first-order valence-electron chi connectivity index (χ1n) is 9.53. The zero-order valence-electron chi connectivity index (χ0n) is 17.3. The fourth-order valence-corrected chi connectivity index (χ4v) is 3.40. The molecule has 2 aromatic carbocycles. The van der Waals surface area contributed by atoms with Crippen LogP contribution in [-0.2, 0) is 14.2 Å². The van der Waals surface area contributed by atoms with Crippen molar-refractivity contribution in [2.75, 3.05) is 12.2 Å². The van der Waals surface area contributed by atoms with Crippen molar-refractivity contribution >= 4 is 46.4 Å². The Hall–Kier alpha value is -3.43. The summed E-state index contributed by atoms with van der Waals surface area (Å²) in [5, 5.41) is 7.20. The molecule has 1 aromatic heterocycles. The number of hydrogen-bond acceptors (Lipinski definition) is 9. The average Bonchev–Trinajstić information content (AvgIpc) is 3.22. The minimum absolute atomic E-state index is 0.259. The lowest BCUT2D eigenvalue weighted by Gasteiger charge is -2.09. The largest absolute Gasteiger partial charge is 0.511 e. The number of nitrogens with one attached hydrogen (secondary N) is 1. The molecule has 1 N–H and O–H groups in total. The summed E-state index contributed by atoms with van der Waals surface area (Å²) >= 11 is 7.58. The molecule has 0 spiro atoms. The van der Waals surface area contributed by atoms with E-state index in [1.165, 1.54) is 17.6 Å². The van der Waals surface area contributed by atoms with Crippen LogP contribution in [0.5, 0.6) is 0 Å². The van der Waals surface area contributed by atoms with E-state index >= 15 is 0 Å². The molecule has 3 rings (SSSR count). The molecule has 0 aliphatic carbocycles. The molecule has 0 amide bonds. The minimum atomic E-state index is -0.911. The average molecular weight is 474 g/mol. The summed E-state index contributed by atoms with van der Waals surface area (Å²) in [5.41, 5.74) is 5.17. The van der Waals surface area contributed by atoms with Gasteiger partial charge in [0.1, 0.15) is 0 Å². The van der Waals surface area contributed by atoms with Crippen molar-refractivity contribution in [1.82, 2.24) is 4.98 Å². The van der Waals surface area contributed by atoms with Crippen LogP contribution >= 0.6 is 22.9 Å². The van der Waals surface area contributed by atoms with E-state index < -0.39 is 18.9 Å². The number of hydrogen-bond donors (Lipinski definition) is 1. The molecule has 32 heavy (non-hydrogen) atoms. The molecule has 1 heterocycles. The molecule has 166 valence electrons. The second-order valence-corrected chi connectivity index (χ2v) is 7.85. The van der Waals surface area contributed by atoms with Crippen molar-refractivity contribution in [3.05, 3.63) is 70.1 Å². The fraction of sp³-hybridized carbons (Fsp3) is 0.182. The lowest BCUT2D eigenvalue weighted by molar-refractivity contribution is -0.0344. The van der Waals surface area contributed by atoms with Crippen molar-refractivity contribution in [2.24, 2.45) is 5.10 Å². The number of rotatable bonds is 8. The van der Waals surface area contributed by atoms with E-state index in [2.05, 4.69) is 15.5 Å². The van der Waals surface area contributed by atoms with Crippen LogP contribution in [0.2, 0.25) is 5.02 Å². The van der Waals surface area contributed by atoms with Gasteiger partial charge < -0.3 is 14.2 Å². The quantitative estimate of drug-likeness (QED) is 0.197. The molecule has 8 nitrogen and oxygen atoms in total. The van der Waals surface area contributed by atoms with E-state index in [1.807, 2.05) is 23.6 Å². The predicted molar refractivity (Wildman–Crippen MR) is 123 cm³/mol. The van der Waals surface area contributed by atoms with Crippen molar-refractivity contribution in [2.45, 2.75) is 20.0 Å². The zero-order chi connectivity index (χ0) is 22.9. The van der Waals surface area contributed by atoms with Gasteiger partial charge in [-0.3, -0.25) is 5.43 Å². The summed E-state index contributed by atoms with van der Waals surface area (Å²) in [4.78, 5) is 28.1. The van der Waals surface area contributed by atoms with Crippen LogP contribution in [0.1, 0.15) is 29.8 Å². The molecule has 0 atom stereocenters. The van der Waals surface area contributed by atoms with Crippen molar-refractivity contribution < 1.29 is 23.8 Å². The van der Waals surface area contributed by atoms with Gasteiger partial charge in [-0.2, -0.15) is 5.10 Å². The molecular weight excluding hydrogens is 454 g/mol. The van der Waals surface area contributed by atoms with Crippen LogP contribution in [0.15, 0.2) is 59.0 Å². The number of benzene rings is 2. The van der Waals surface area contributed by atoms with Crippen LogP contribution in [0.25, 0.3) is 11.3 Å². The van der Waals surface area contributed by atoms with Crippen molar-refractivity contribution in [3.63, 3.8) is 0 Å². The Morgan fingerprint density at radius 3 is 2.69 bits per heavy atom. The molecule has 0 saturated carbocycles. The monoisotopic (exact) mass is 473 g/mol. The third-order valence-corrected chi connectivity index (χ3v) is 4.97. The highest BCUT2D eigenvalue weighted by molar-refractivity contribution is 7.14. The van der Waals surface area contributed by atoms with Gasteiger partial charge in [0.05, 0.1) is 23.6 Å². The van der Waals surface area contributed by atoms with E-state index in [0.29, 0.717) is 15.7 Å². The normalized spacial score (nSPS) is 10.9. The Bertz CT molecular complexity index is 1120. The highest BCUT2D eigenvalue weighted by Crippen LogP contribution is 2.30. The molecule has 10 heteroatoms. The van der Waals surface area contributed by atoms with Gasteiger partial charge in [0.15, 0.2) is 0 Å². The number of carbonyl (C=O) groups excluding carboxylic acids is 2. The van der Waals surface area contributed by atoms with Gasteiger partial charge in [-0.15, -0.1) is 11.3 Å². The minimum Gasteiger partial charge on any atom is -0.431 e. The molecule has 0 bridgehead atoms. The lowest BCUT2D eigenvalue weighted by atomic mass is 10.1. The first kappa shape index (κ1) is 23.2. The van der Waals surface area contributed by atoms with E-state index in [9.17, 15) is 9.59 Å². The third-order valence-electron chi connectivity index (χ3n) is 3.90. The number of aromatic nitrogens is 1. The van der Waals surface area contributed by atoms with Crippen LogP contribution in [0.3, 0.4) is 0 Å². The molecule has 0 radical (unpaired) electrons. The second-order valence-electron chi connectivity index (χ2n) is 6.59. The Kier molecular flexibility index (Phi) is 8.18. The van der Waals surface area contributed by atoms with Gasteiger partial charge in [-0.1, -0.05) is 48.0 Å². The number of halogens is 1. The summed E-state index contributed by atoms with van der Waals surface area (Å²) in [6, 6.07) is 14.2. The first-order chi connectivity index (χ1) is 15.4. The van der Waals surface area contributed by atoms with E-state index in [-0.39, 0.29) is 11.7 Å². The van der Waals surface area contributed by atoms with Crippen molar-refractivity contribution in [1.29, 1.82) is 0 Å². The number of anilines is 1. The lowest BCUT2D eigenvalue weighted by Crippen LogP contribution is -2.17. The number of ether oxygens (including phenoxy) is 3. The smallest absolute Gasteiger partial charge is 0.431 e. The third kappa shape index (κ3) is 6.53. The van der Waals surface area contributed by atoms with Gasteiger partial charge >= 0.3 is 12.1 Å². The molecule has 0 unspecified atom stereocenters. The Morgan fingerprint density at radius 2 is 1.91 bits per heavy atom. The van der Waals surface area contributed by atoms with Gasteiger partial charge in [0.25, 0.3) is 0 Å². The predicted octanol–water partition coefficient (Wildman–Crippen LogP) is 5.59. The maximum absolute atomic E-state index is 12.3. The molecule has 3 aromatic rings. The summed E-state index contributed by atoms with van der Waals surface area (Å²) in [6.45, 7) is 2.80. The molecule has 0 fully saturated rings. The molecular formula is C22H20ClN3O5S. The zero-order valence-corrected chi connectivity index (χ0v) is 18.9. The standard InChI is InChI=1S/C22H20ClN3O5S/c1-14(2)31-22(28)30-13-29-20(27)16-8-4-3-7-15(16)11-24-26-21-25-19(12-32-21)17-9-5-6-10-18(17)23/h3-12,14H,13H2,1-2H3,(H,25,26)/b24-11+. The summed E-state index contributed by atoms with van der Waals surface area (Å²) in [7, 11) is 0. The van der Waals surface area contributed by atoms with Gasteiger partial charge in [-0.25, -0.2) is 14.6 Å². The van der Waals surface area contributed by atoms with Gasteiger partial charge in [-0.05, 0) is 26.0 Å². The van der Waals surface area contributed by atoms with Crippen LogP contribution in [0, 0.1) is 0 Å². The molecule has 0 saturated heterocycles. The highest BCUT2D eigenvalue weighted by Gasteiger charge is 2.13. The Labute approximate surface area is 193 Å². The fourth-order valence-electron chi connectivity index (χ4n) is 2.51. The van der Waals surface area contributed by atoms with Crippen LogP contribution in [-0.4, -0.2) is 36.2 Å². The number of hydrazone groups is 1. The maximum atomic E-state index is 12.3. The molecule has 0 aliphatic rings. The topological polar surface area (TPSA) is 99.1 Å². The second kappa shape index (κ2) is 11.3. The summed E-state index contributed by atoms with van der Waals surface area (Å²) in [5.74, 6) is -0.667. The van der Waals surface area contributed by atoms with Crippen LogP contribution < -0.4 is 5.43 Å². The first-order valence-corrected chi connectivity index (χ1v) is 10.8. The van der Waals surface area contributed by atoms with E-state index in [0.717, 1.165) is 11.3 Å². The van der Waals surface area contributed by atoms with Gasteiger partial charge in [0.2, 0.25) is 11.9 Å². The number of carbonyl (C=O) groups is 2. The van der Waals surface area contributed by atoms with E-state index in [1.54, 1.807) is 44.2 Å². The Morgan fingerprint density at radius 1 is 1.16 bits per heavy atom. The Balaban J connectivity index is 1.60. The number of nitrogens with zero attached hydrogens (tertiary/aromatic N) is 2. The summed E-state index contributed by atoms with van der Waals surface area (Å²) in [6.07, 6.45) is 0.230. The SMILES string of the molecule is CC(C)OC(=O)OCOC(=O)c1ccccc1/C=N/Nc1nc(-c2ccccc2Cl)cs1. The number of thiazole rings is 1. The van der Waals surface area contributed by atoms with Gasteiger partial charge in [0, 0.05) is 21.5 Å². The van der Waals surface area contributed by atoms with E-state index in [4.69, 9.17) is 25.8 Å². The highest BCUT2D eigenvalue weighted by atomic mass is 35.5. The maximum Gasteiger partial charge on any atom is 0.511 e. The molecule has 0 aliphatic heterocycles. The summed E-state index contributed by atoms with van der Waals surface area (Å²) < 4.78 is 14.5. The van der Waals surface area contributed by atoms with Crippen molar-refractivity contribution in [3.8, 4) is 11.3 Å². The number of esters is 1. The van der Waals surface area contributed by atoms with Crippen LogP contribution in [0.4, 0.5) is 9.93 Å².